The van der Waals surface area contributed by atoms with Gasteiger partial charge in [-0.05, 0) is 33.3 Å². The van der Waals surface area contributed by atoms with Gasteiger partial charge < -0.3 is 81.5 Å². The van der Waals surface area contributed by atoms with Crippen molar-refractivity contribution in [2.45, 2.75) is 172 Å². The van der Waals surface area contributed by atoms with Gasteiger partial charge in [0.2, 0.25) is 5.91 Å². The summed E-state index contributed by atoms with van der Waals surface area (Å²) in [5.41, 5.74) is 14.0. The molecule has 5 aromatic rings. The lowest BCUT2D eigenvalue weighted by Crippen LogP contribution is -2.72. The van der Waals surface area contributed by atoms with Crippen LogP contribution in [0.5, 0.6) is 0 Å². The summed E-state index contributed by atoms with van der Waals surface area (Å²) >= 11 is 0. The lowest BCUT2D eigenvalue weighted by molar-refractivity contribution is -0.389. The molecule has 498 valence electrons. The average molecular weight is 1290 g/mol. The summed E-state index contributed by atoms with van der Waals surface area (Å²) < 4.78 is 95.9. The van der Waals surface area contributed by atoms with Gasteiger partial charge in [-0.15, -0.1) is 0 Å². The van der Waals surface area contributed by atoms with Gasteiger partial charge in [-0.1, -0.05) is 157 Å². The molecule has 5 aromatic carbocycles. The third-order valence-corrected chi connectivity index (χ3v) is 15.1. The minimum Gasteiger partial charge on any atom is -0.465 e. The van der Waals surface area contributed by atoms with Crippen LogP contribution in [0.4, 0.5) is 0 Å². The minimum atomic E-state index is -2.93. The smallest absolute Gasteiger partial charge is 0.366 e. The van der Waals surface area contributed by atoms with Crippen molar-refractivity contribution >= 4 is 35.8 Å². The number of rotatable bonds is 31. The first-order valence-electron chi connectivity index (χ1n) is 30.2. The fourth-order valence-corrected chi connectivity index (χ4v) is 11.1. The van der Waals surface area contributed by atoms with E-state index < -0.39 is 153 Å². The molecule has 3 saturated heterocycles. The van der Waals surface area contributed by atoms with Crippen molar-refractivity contribution in [2.24, 2.45) is 5.11 Å². The Morgan fingerprint density at radius 3 is 1.56 bits per heavy atom. The van der Waals surface area contributed by atoms with E-state index >= 15 is 4.79 Å². The van der Waals surface area contributed by atoms with Crippen LogP contribution in [0.1, 0.15) is 68.9 Å². The summed E-state index contributed by atoms with van der Waals surface area (Å²) in [6, 6.07) is 42.8. The van der Waals surface area contributed by atoms with Crippen LogP contribution in [0.25, 0.3) is 10.4 Å². The van der Waals surface area contributed by atoms with Gasteiger partial charge in [0.15, 0.2) is 24.8 Å². The van der Waals surface area contributed by atoms with E-state index in [1.165, 1.54) is 0 Å². The number of nitrogens with zero attached hydrogens (tertiary/aromatic N) is 3. The molecule has 8 rings (SSSR count). The normalized spacial score (nSPS) is 26.6. The van der Waals surface area contributed by atoms with Crippen molar-refractivity contribution in [3.05, 3.63) is 190 Å². The maximum absolute atomic E-state index is 15.2. The van der Waals surface area contributed by atoms with Crippen LogP contribution in [0.2, 0.25) is 0 Å². The molecule has 1 amide bonds. The Morgan fingerprint density at radius 2 is 1.09 bits per heavy atom. The van der Waals surface area contributed by atoms with Crippen LogP contribution in [-0.4, -0.2) is 165 Å². The number of ether oxygens (including phenoxy) is 15. The molecule has 26 heteroatoms. The summed E-state index contributed by atoms with van der Waals surface area (Å²) in [5, 5.41) is 20.0. The summed E-state index contributed by atoms with van der Waals surface area (Å²) in [6.07, 6.45) is -22.1. The summed E-state index contributed by atoms with van der Waals surface area (Å²) in [5.74, 6) is -8.77. The Kier molecular flexibility index (Phi) is 26.7. The van der Waals surface area contributed by atoms with E-state index in [0.29, 0.717) is 5.56 Å². The topological polar surface area (TPSA) is 322 Å². The van der Waals surface area contributed by atoms with Crippen molar-refractivity contribution in [2.75, 3.05) is 26.9 Å². The summed E-state index contributed by atoms with van der Waals surface area (Å²) in [4.78, 5) is 83.5. The van der Waals surface area contributed by atoms with E-state index in [4.69, 9.17) is 71.1 Å². The van der Waals surface area contributed by atoms with Crippen molar-refractivity contribution < 1.29 is 105 Å². The third-order valence-electron chi connectivity index (χ3n) is 15.1. The maximum atomic E-state index is 15.2. The van der Waals surface area contributed by atoms with E-state index in [1.54, 1.807) is 30.3 Å². The Bertz CT molecular complexity index is 3230. The van der Waals surface area contributed by atoms with Gasteiger partial charge >= 0.3 is 29.8 Å². The lowest BCUT2D eigenvalue weighted by atomic mass is 9.87. The molecule has 0 unspecified atom stereocenters. The molecule has 3 aliphatic heterocycles. The zero-order valence-electron chi connectivity index (χ0n) is 52.3. The second-order valence-corrected chi connectivity index (χ2v) is 22.2. The molecule has 0 spiro atoms. The molecule has 3 fully saturated rings. The molecule has 0 saturated carbocycles. The molecule has 3 aliphatic rings. The van der Waals surface area contributed by atoms with Crippen LogP contribution in [0.3, 0.4) is 0 Å². The number of methoxy groups -OCH3 is 1. The molecule has 0 aliphatic carbocycles. The van der Waals surface area contributed by atoms with Crippen molar-refractivity contribution in [3.63, 3.8) is 0 Å². The van der Waals surface area contributed by atoms with Crippen LogP contribution >= 0.6 is 0 Å². The van der Waals surface area contributed by atoms with E-state index in [2.05, 4.69) is 15.3 Å². The number of benzene rings is 5. The standard InChI is InChI=1S/C67H78N4O22/c1-41(72)69-55-51(86-43(3)74)32-67(66(78)79-6,92-61(55)59(88-45(5)76)54(87-44(4)75)40-82-42(2)73)93-62-57(77)52(38-80-33-46-22-12-7-13-23-46)89-65(63(62)84-36-49-28-18-10-19-29-49)91-58-53(39-81-34-47-24-14-8-15-25-47)90-64(85-37-50-30-20-11-21-31-50)56(70-71-68)60(58)83-35-48-26-16-9-17-27-48/h7-31,51-65,77H,32-40H2,1-6H3,(H,69,72)/t51-,52+,53+,54+,55+,56+,57-,58+,59+,60+,61+,62-,63+,64+,65-,67-/m0/s1. The Labute approximate surface area is 537 Å². The highest BCUT2D eigenvalue weighted by atomic mass is 16.8. The fraction of sp³-hybridized carbons (Fsp3) is 0.463. The molecule has 16 atom stereocenters. The number of carbonyl (C=O) groups excluding carboxylic acids is 6. The number of hydrogen-bond donors (Lipinski definition) is 2. The number of azide groups is 1. The van der Waals surface area contributed by atoms with Gasteiger partial charge in [0.05, 0.1) is 65.8 Å². The molecular weight excluding hydrogens is 1210 g/mol. The number of nitrogens with one attached hydrogen (secondary N) is 1. The number of carbonyl (C=O) groups is 6. The molecule has 0 radical (unpaired) electrons. The number of esters is 5. The molecule has 0 bridgehead atoms. The SMILES string of the molecule is COC(=O)[C@@]1(O[C@H]2[C@@H](O)[C@@H](COCc3ccccc3)O[C@@H](O[C@H]3[C@H](OCc4ccccc4)[C@@H](N=[N+]=[N-])[C@H](OCc4ccccc4)O[C@@H]3COCc3ccccc3)[C@@H]2OCc2ccccc2)C[C@H](OC(C)=O)[C@@H](NC(C)=O)[C@H]([C@H](OC(C)=O)[C@@H](COC(C)=O)OC(C)=O)O1. The Balaban J connectivity index is 1.30. The third kappa shape index (κ3) is 20.4. The van der Waals surface area contributed by atoms with E-state index in [-0.39, 0.29) is 39.6 Å². The van der Waals surface area contributed by atoms with Gasteiger partial charge in [0.1, 0.15) is 67.6 Å². The zero-order valence-corrected chi connectivity index (χ0v) is 52.3. The maximum Gasteiger partial charge on any atom is 0.366 e. The van der Waals surface area contributed by atoms with Crippen LogP contribution in [0.15, 0.2) is 157 Å². The Morgan fingerprint density at radius 1 is 0.602 bits per heavy atom. The predicted octanol–water partition coefficient (Wildman–Crippen LogP) is 6.59. The highest BCUT2D eigenvalue weighted by molar-refractivity contribution is 5.79. The fourth-order valence-electron chi connectivity index (χ4n) is 11.1. The lowest BCUT2D eigenvalue weighted by Gasteiger charge is -2.52. The highest BCUT2D eigenvalue weighted by Gasteiger charge is 2.63. The molecular formula is C67H78N4O22. The van der Waals surface area contributed by atoms with Gasteiger partial charge in [-0.3, -0.25) is 24.0 Å². The van der Waals surface area contributed by atoms with E-state index in [1.807, 2.05) is 121 Å². The number of aliphatic hydroxyl groups excluding tert-OH is 1. The zero-order chi connectivity index (χ0) is 66.3. The quantitative estimate of drug-likeness (QED) is 0.0155. The molecule has 0 aromatic heterocycles. The Hall–Kier alpha value is -8.21. The predicted molar refractivity (Wildman–Crippen MR) is 325 cm³/mol. The first kappa shape index (κ1) is 70.7. The monoisotopic (exact) mass is 1290 g/mol. The van der Waals surface area contributed by atoms with Gasteiger partial charge in [-0.2, -0.15) is 0 Å². The number of amides is 1. The average Bonchev–Trinajstić information content (AvgIpc) is 0.752. The van der Waals surface area contributed by atoms with Gasteiger partial charge in [-0.25, -0.2) is 4.79 Å². The largest absolute Gasteiger partial charge is 0.465 e. The summed E-state index contributed by atoms with van der Waals surface area (Å²) in [7, 11) is 0.990. The summed E-state index contributed by atoms with van der Waals surface area (Å²) in [6.45, 7) is 3.66. The molecule has 93 heavy (non-hydrogen) atoms. The first-order valence-corrected chi connectivity index (χ1v) is 30.2. The minimum absolute atomic E-state index is 0.00316. The van der Waals surface area contributed by atoms with Crippen LogP contribution in [-0.2, 0) is 133 Å². The van der Waals surface area contributed by atoms with E-state index in [0.717, 1.165) is 64.0 Å². The molecule has 2 N–H and O–H groups in total. The second-order valence-electron chi connectivity index (χ2n) is 22.2. The van der Waals surface area contributed by atoms with Crippen molar-refractivity contribution in [1.82, 2.24) is 5.32 Å². The second kappa shape index (κ2) is 35.2. The number of hydrogen-bond acceptors (Lipinski definition) is 23. The van der Waals surface area contributed by atoms with Crippen molar-refractivity contribution in [1.29, 1.82) is 0 Å². The van der Waals surface area contributed by atoms with Gasteiger partial charge in [0.25, 0.3) is 5.79 Å². The molecule has 26 nitrogen and oxygen atoms in total. The van der Waals surface area contributed by atoms with Crippen molar-refractivity contribution in [3.8, 4) is 0 Å². The molecule has 3 heterocycles. The van der Waals surface area contributed by atoms with Gasteiger partial charge in [0, 0.05) is 39.5 Å². The van der Waals surface area contributed by atoms with E-state index in [9.17, 15) is 34.6 Å². The highest BCUT2D eigenvalue weighted by Crippen LogP contribution is 2.42. The van der Waals surface area contributed by atoms with Crippen LogP contribution in [0, 0.1) is 0 Å². The first-order chi connectivity index (χ1) is 44.9. The number of aliphatic hydroxyl groups is 1. The van der Waals surface area contributed by atoms with Crippen LogP contribution < -0.4 is 5.32 Å².